The Morgan fingerprint density at radius 1 is 1.40 bits per heavy atom. The number of nitrogens with one attached hydrogen (secondary N) is 1. The van der Waals surface area contributed by atoms with Crippen molar-refractivity contribution in [3.05, 3.63) is 29.3 Å². The van der Waals surface area contributed by atoms with Gasteiger partial charge in [-0.25, -0.2) is 5.43 Å². The Labute approximate surface area is 124 Å². The summed E-state index contributed by atoms with van der Waals surface area (Å²) in [6, 6.07) is 6.90. The molecule has 1 aliphatic rings. The lowest BCUT2D eigenvalue weighted by atomic mass is 9.89. The number of carbonyl (C=O) groups excluding carboxylic acids is 1. The molecule has 0 aliphatic heterocycles. The van der Waals surface area contributed by atoms with Crippen LogP contribution in [0.2, 0.25) is 5.02 Å². The molecule has 0 aromatic heterocycles. The first kappa shape index (κ1) is 14.9. The number of carbonyl (C=O) groups is 1. The number of rotatable bonds is 4. The van der Waals surface area contributed by atoms with E-state index in [0.29, 0.717) is 16.7 Å². The summed E-state index contributed by atoms with van der Waals surface area (Å²) < 4.78 is 5.35. The second kappa shape index (κ2) is 7.29. The molecule has 0 saturated heterocycles. The fourth-order valence-corrected chi connectivity index (χ4v) is 2.31. The van der Waals surface area contributed by atoms with Crippen LogP contribution in [0, 0.1) is 5.92 Å². The minimum atomic E-state index is -0.245. The van der Waals surface area contributed by atoms with E-state index in [9.17, 15) is 4.79 Å². The summed E-state index contributed by atoms with van der Waals surface area (Å²) in [7, 11) is 0. The van der Waals surface area contributed by atoms with Gasteiger partial charge >= 0.3 is 0 Å². The summed E-state index contributed by atoms with van der Waals surface area (Å²) in [5, 5.41) is 4.84. The van der Waals surface area contributed by atoms with Crippen molar-refractivity contribution in [2.45, 2.75) is 32.6 Å². The molecule has 4 nitrogen and oxygen atoms in total. The molecule has 1 aliphatic carbocycles. The highest BCUT2D eigenvalue weighted by Crippen LogP contribution is 2.20. The predicted octanol–water partition coefficient (Wildman–Crippen LogP) is 3.40. The third-order valence-electron chi connectivity index (χ3n) is 3.40. The lowest BCUT2D eigenvalue weighted by Gasteiger charge is -2.19. The van der Waals surface area contributed by atoms with Crippen molar-refractivity contribution in [1.29, 1.82) is 0 Å². The van der Waals surface area contributed by atoms with Crippen molar-refractivity contribution in [1.82, 2.24) is 5.43 Å². The lowest BCUT2D eigenvalue weighted by molar-refractivity contribution is -0.123. The van der Waals surface area contributed by atoms with Gasteiger partial charge in [-0.15, -0.1) is 0 Å². The number of nitrogens with zero attached hydrogens (tertiary/aromatic N) is 1. The lowest BCUT2D eigenvalue weighted by Crippen LogP contribution is -2.28. The van der Waals surface area contributed by atoms with E-state index in [4.69, 9.17) is 16.3 Å². The fraction of sp³-hybridized carbons (Fsp3) is 0.467. The van der Waals surface area contributed by atoms with Gasteiger partial charge in [0, 0.05) is 10.7 Å². The van der Waals surface area contributed by atoms with Crippen molar-refractivity contribution >= 4 is 23.2 Å². The van der Waals surface area contributed by atoms with E-state index in [-0.39, 0.29) is 12.5 Å². The Morgan fingerprint density at radius 2 is 2.15 bits per heavy atom. The number of benzene rings is 1. The van der Waals surface area contributed by atoms with E-state index >= 15 is 0 Å². The number of hydrogen-bond acceptors (Lipinski definition) is 3. The van der Waals surface area contributed by atoms with Crippen LogP contribution in [0.4, 0.5) is 0 Å². The van der Waals surface area contributed by atoms with Gasteiger partial charge < -0.3 is 4.74 Å². The summed E-state index contributed by atoms with van der Waals surface area (Å²) in [6.07, 6.45) is 4.52. The monoisotopic (exact) mass is 294 g/mol. The highest BCUT2D eigenvalue weighted by atomic mass is 35.5. The predicted molar refractivity (Wildman–Crippen MR) is 80.2 cm³/mol. The molecule has 0 radical (unpaired) electrons. The first-order valence-electron chi connectivity index (χ1n) is 6.89. The van der Waals surface area contributed by atoms with Crippen LogP contribution in [0.5, 0.6) is 5.75 Å². The molecular formula is C15H19ClN2O2. The fourth-order valence-electron chi connectivity index (χ4n) is 2.18. The van der Waals surface area contributed by atoms with E-state index < -0.39 is 0 Å². The van der Waals surface area contributed by atoms with Gasteiger partial charge in [0.15, 0.2) is 6.61 Å². The minimum Gasteiger partial charge on any atom is -0.484 e. The first-order valence-corrected chi connectivity index (χ1v) is 7.26. The molecular weight excluding hydrogens is 276 g/mol. The minimum absolute atomic E-state index is 0.0488. The molecule has 1 aromatic rings. The maximum atomic E-state index is 11.7. The Kier molecular flexibility index (Phi) is 5.41. The molecule has 2 rings (SSSR count). The summed E-state index contributed by atoms with van der Waals surface area (Å²) in [5.41, 5.74) is 3.64. The molecule has 0 bridgehead atoms. The number of halogens is 1. The van der Waals surface area contributed by atoms with Gasteiger partial charge in [0.1, 0.15) is 5.75 Å². The molecule has 108 valence electrons. The van der Waals surface area contributed by atoms with Crippen LogP contribution in [0.3, 0.4) is 0 Å². The molecule has 1 atom stereocenters. The van der Waals surface area contributed by atoms with Gasteiger partial charge in [-0.2, -0.15) is 5.10 Å². The molecule has 1 N–H and O–H groups in total. The van der Waals surface area contributed by atoms with Crippen LogP contribution >= 0.6 is 11.6 Å². The van der Waals surface area contributed by atoms with E-state index in [2.05, 4.69) is 17.5 Å². The average Bonchev–Trinajstić information content (AvgIpc) is 2.46. The molecule has 1 fully saturated rings. The van der Waals surface area contributed by atoms with Gasteiger partial charge in [-0.3, -0.25) is 4.79 Å². The number of ether oxygens (including phenoxy) is 1. The van der Waals surface area contributed by atoms with Crippen molar-refractivity contribution < 1.29 is 9.53 Å². The normalized spacial score (nSPS) is 20.7. The SMILES string of the molecule is C[C@@H]1CCCC/C1=N/NC(=O)COc1ccc(Cl)cc1. The van der Waals surface area contributed by atoms with E-state index in [1.54, 1.807) is 24.3 Å². The molecule has 20 heavy (non-hydrogen) atoms. The standard InChI is InChI=1S/C15H19ClN2O2/c1-11-4-2-3-5-14(11)17-18-15(19)10-20-13-8-6-12(16)7-9-13/h6-9,11H,2-5,10H2,1H3,(H,18,19)/b17-14-/t11-/m1/s1. The van der Waals surface area contributed by atoms with Crippen molar-refractivity contribution in [2.75, 3.05) is 6.61 Å². The van der Waals surface area contributed by atoms with E-state index in [1.807, 2.05) is 0 Å². The molecule has 0 unspecified atom stereocenters. The zero-order chi connectivity index (χ0) is 14.4. The summed E-state index contributed by atoms with van der Waals surface area (Å²) >= 11 is 5.77. The smallest absolute Gasteiger partial charge is 0.277 e. The quantitative estimate of drug-likeness (QED) is 0.865. The molecule has 0 heterocycles. The summed E-state index contributed by atoms with van der Waals surface area (Å²) in [5.74, 6) is 0.828. The van der Waals surface area contributed by atoms with Crippen molar-refractivity contribution in [3.8, 4) is 5.75 Å². The zero-order valence-corrected chi connectivity index (χ0v) is 12.3. The third kappa shape index (κ3) is 4.53. The highest BCUT2D eigenvalue weighted by molar-refractivity contribution is 6.30. The summed E-state index contributed by atoms with van der Waals surface area (Å²) in [4.78, 5) is 11.7. The second-order valence-electron chi connectivity index (χ2n) is 5.03. The van der Waals surface area contributed by atoms with Crippen LogP contribution in [0.15, 0.2) is 29.4 Å². The molecule has 1 aromatic carbocycles. The Morgan fingerprint density at radius 3 is 2.85 bits per heavy atom. The van der Waals surface area contributed by atoms with Gasteiger partial charge in [0.05, 0.1) is 0 Å². The van der Waals surface area contributed by atoms with Crippen LogP contribution in [-0.2, 0) is 4.79 Å². The van der Waals surface area contributed by atoms with Crippen LogP contribution in [0.25, 0.3) is 0 Å². The Bertz CT molecular complexity index is 485. The first-order chi connectivity index (χ1) is 9.65. The zero-order valence-electron chi connectivity index (χ0n) is 11.6. The second-order valence-corrected chi connectivity index (χ2v) is 5.46. The van der Waals surface area contributed by atoms with Gasteiger partial charge in [-0.05, 0) is 49.4 Å². The highest BCUT2D eigenvalue weighted by Gasteiger charge is 2.16. The van der Waals surface area contributed by atoms with Crippen molar-refractivity contribution in [3.63, 3.8) is 0 Å². The summed E-state index contributed by atoms with van der Waals surface area (Å²) in [6.45, 7) is 2.10. The maximum absolute atomic E-state index is 11.7. The Hall–Kier alpha value is -1.55. The third-order valence-corrected chi connectivity index (χ3v) is 3.65. The largest absolute Gasteiger partial charge is 0.484 e. The molecule has 1 saturated carbocycles. The van der Waals surface area contributed by atoms with E-state index in [1.165, 1.54) is 6.42 Å². The van der Waals surface area contributed by atoms with E-state index in [0.717, 1.165) is 25.0 Å². The molecule has 5 heteroatoms. The van der Waals surface area contributed by atoms with Crippen LogP contribution in [0.1, 0.15) is 32.6 Å². The topological polar surface area (TPSA) is 50.7 Å². The number of hydrogen-bond donors (Lipinski definition) is 1. The number of amides is 1. The molecule has 1 amide bonds. The van der Waals surface area contributed by atoms with Gasteiger partial charge in [-0.1, -0.05) is 24.9 Å². The molecule has 0 spiro atoms. The maximum Gasteiger partial charge on any atom is 0.277 e. The van der Waals surface area contributed by atoms with Crippen LogP contribution < -0.4 is 10.2 Å². The van der Waals surface area contributed by atoms with Crippen molar-refractivity contribution in [2.24, 2.45) is 11.0 Å². The van der Waals surface area contributed by atoms with Gasteiger partial charge in [0.25, 0.3) is 5.91 Å². The average molecular weight is 295 g/mol. The van der Waals surface area contributed by atoms with Crippen LogP contribution in [-0.4, -0.2) is 18.2 Å². The number of hydrazone groups is 1. The van der Waals surface area contributed by atoms with Gasteiger partial charge in [0.2, 0.25) is 0 Å². The Balaban J connectivity index is 1.77.